The molecule has 2 heteroatoms. The number of rotatable bonds is 5. The lowest BCUT2D eigenvalue weighted by Crippen LogP contribution is -2.46. The minimum absolute atomic E-state index is 0.480. The normalized spacial score (nSPS) is 36.0. The first-order valence-electron chi connectivity index (χ1n) is 9.25. The maximum Gasteiger partial charge on any atom is 0.00993 e. The Hall–Kier alpha value is -0.0800. The fourth-order valence-corrected chi connectivity index (χ4v) is 4.45. The van der Waals surface area contributed by atoms with Crippen molar-refractivity contribution in [1.82, 2.24) is 4.90 Å². The molecule has 0 amide bonds. The first-order valence-corrected chi connectivity index (χ1v) is 9.25. The molecule has 2 atom stereocenters. The number of nitrogens with zero attached hydrogens (tertiary/aromatic N) is 1. The summed E-state index contributed by atoms with van der Waals surface area (Å²) < 4.78 is 0. The van der Waals surface area contributed by atoms with Gasteiger partial charge < -0.3 is 5.73 Å². The van der Waals surface area contributed by atoms with Crippen molar-refractivity contribution in [1.29, 1.82) is 0 Å². The van der Waals surface area contributed by atoms with Crippen LogP contribution in [0, 0.1) is 5.92 Å². The summed E-state index contributed by atoms with van der Waals surface area (Å²) in [6.07, 6.45) is 15.1. The molecule has 2 N–H and O–H groups in total. The van der Waals surface area contributed by atoms with E-state index in [0.717, 1.165) is 18.0 Å². The fraction of sp³-hybridized carbons (Fsp3) is 1.00. The molecule has 0 aromatic heterocycles. The lowest BCUT2D eigenvalue weighted by molar-refractivity contribution is 0.0895. The summed E-state index contributed by atoms with van der Waals surface area (Å²) in [4.78, 5) is 2.89. The summed E-state index contributed by atoms with van der Waals surface area (Å²) in [7, 11) is 0. The van der Waals surface area contributed by atoms with Crippen molar-refractivity contribution >= 4 is 0 Å². The van der Waals surface area contributed by atoms with Gasteiger partial charge in [0.25, 0.3) is 0 Å². The van der Waals surface area contributed by atoms with E-state index in [-0.39, 0.29) is 0 Å². The summed E-state index contributed by atoms with van der Waals surface area (Å²) >= 11 is 0. The quantitative estimate of drug-likeness (QED) is 0.760. The summed E-state index contributed by atoms with van der Waals surface area (Å²) in [5, 5.41) is 0. The molecule has 0 bridgehead atoms. The van der Waals surface area contributed by atoms with E-state index in [9.17, 15) is 0 Å². The maximum atomic E-state index is 6.09. The Labute approximate surface area is 126 Å². The molecule has 0 radical (unpaired) electrons. The van der Waals surface area contributed by atoms with Crippen molar-refractivity contribution in [3.63, 3.8) is 0 Å². The number of hydrogen-bond acceptors (Lipinski definition) is 2. The summed E-state index contributed by atoms with van der Waals surface area (Å²) in [5.41, 5.74) is 6.09. The van der Waals surface area contributed by atoms with Crippen LogP contribution < -0.4 is 5.73 Å². The third kappa shape index (κ3) is 4.46. The largest absolute Gasteiger partial charge is 0.328 e. The van der Waals surface area contributed by atoms with Gasteiger partial charge in [-0.2, -0.15) is 0 Å². The van der Waals surface area contributed by atoms with E-state index in [1.807, 2.05) is 0 Å². The van der Waals surface area contributed by atoms with Gasteiger partial charge >= 0.3 is 0 Å². The van der Waals surface area contributed by atoms with Gasteiger partial charge in [0.1, 0.15) is 0 Å². The highest BCUT2D eigenvalue weighted by Gasteiger charge is 2.30. The third-order valence-corrected chi connectivity index (χ3v) is 5.80. The second-order valence-corrected chi connectivity index (χ2v) is 7.24. The Bertz CT molecular complexity index is 258. The summed E-state index contributed by atoms with van der Waals surface area (Å²) in [6, 6.07) is 2.18. The highest BCUT2D eigenvalue weighted by Crippen LogP contribution is 2.32. The van der Waals surface area contributed by atoms with Gasteiger partial charge in [-0.15, -0.1) is 0 Å². The highest BCUT2D eigenvalue weighted by atomic mass is 15.2. The average Bonchev–Trinajstić information content (AvgIpc) is 2.71. The second kappa shape index (κ2) is 8.38. The molecule has 2 saturated carbocycles. The zero-order valence-electron chi connectivity index (χ0n) is 13.8. The van der Waals surface area contributed by atoms with Crippen molar-refractivity contribution in [2.24, 2.45) is 11.7 Å². The van der Waals surface area contributed by atoms with Crippen molar-refractivity contribution in [2.75, 3.05) is 6.54 Å². The zero-order chi connectivity index (χ0) is 14.4. The Morgan fingerprint density at radius 1 is 0.850 bits per heavy atom. The highest BCUT2D eigenvalue weighted by molar-refractivity contribution is 4.86. The van der Waals surface area contributed by atoms with Gasteiger partial charge in [-0.3, -0.25) is 4.90 Å². The molecule has 20 heavy (non-hydrogen) atoms. The van der Waals surface area contributed by atoms with Gasteiger partial charge in [-0.1, -0.05) is 33.1 Å². The van der Waals surface area contributed by atoms with Crippen LogP contribution in [0.3, 0.4) is 0 Å². The van der Waals surface area contributed by atoms with Crippen LogP contribution >= 0.6 is 0 Å². The van der Waals surface area contributed by atoms with Crippen LogP contribution in [0.4, 0.5) is 0 Å². The second-order valence-electron chi connectivity index (χ2n) is 7.24. The van der Waals surface area contributed by atoms with Gasteiger partial charge in [-0.25, -0.2) is 0 Å². The molecule has 2 rings (SSSR count). The average molecular weight is 280 g/mol. The molecule has 2 nitrogen and oxygen atoms in total. The first-order chi connectivity index (χ1) is 9.74. The molecule has 2 fully saturated rings. The van der Waals surface area contributed by atoms with Gasteiger partial charge in [0, 0.05) is 18.1 Å². The molecule has 0 aliphatic heterocycles. The molecule has 118 valence electrons. The van der Waals surface area contributed by atoms with Crippen LogP contribution in [0.15, 0.2) is 0 Å². The van der Waals surface area contributed by atoms with Crippen molar-refractivity contribution in [3.8, 4) is 0 Å². The number of hydrogen-bond donors (Lipinski definition) is 1. The third-order valence-electron chi connectivity index (χ3n) is 5.80. The van der Waals surface area contributed by atoms with Gasteiger partial charge in [0.15, 0.2) is 0 Å². The Kier molecular flexibility index (Phi) is 6.83. The molecule has 0 heterocycles. The minimum atomic E-state index is 0.480. The van der Waals surface area contributed by atoms with Gasteiger partial charge in [0.05, 0.1) is 0 Å². The molecule has 0 saturated heterocycles. The molecular weight excluding hydrogens is 244 g/mol. The van der Waals surface area contributed by atoms with E-state index in [4.69, 9.17) is 5.73 Å². The van der Waals surface area contributed by atoms with Gasteiger partial charge in [0.2, 0.25) is 0 Å². The standard InChI is InChI=1S/C18H36N2/c1-3-14-20(18-12-9-16(19)10-13-18)17-7-5-6-15(4-2)8-11-17/h15-18H,3-14,19H2,1-2H3. The predicted molar refractivity (Wildman–Crippen MR) is 87.9 cm³/mol. The fourth-order valence-electron chi connectivity index (χ4n) is 4.45. The smallest absolute Gasteiger partial charge is 0.00993 e. The molecule has 2 unspecified atom stereocenters. The first kappa shape index (κ1) is 16.3. The van der Waals surface area contributed by atoms with E-state index in [1.165, 1.54) is 77.2 Å². The van der Waals surface area contributed by atoms with E-state index >= 15 is 0 Å². The molecule has 0 spiro atoms. The summed E-state index contributed by atoms with van der Waals surface area (Å²) in [5.74, 6) is 1.00. The van der Waals surface area contributed by atoms with Crippen molar-refractivity contribution < 1.29 is 0 Å². The molecule has 0 aromatic carbocycles. The van der Waals surface area contributed by atoms with Crippen LogP contribution in [-0.2, 0) is 0 Å². The lowest BCUT2D eigenvalue weighted by atomic mass is 9.89. The van der Waals surface area contributed by atoms with Gasteiger partial charge in [-0.05, 0) is 63.8 Å². The topological polar surface area (TPSA) is 29.3 Å². The van der Waals surface area contributed by atoms with E-state index in [1.54, 1.807) is 0 Å². The summed E-state index contributed by atoms with van der Waals surface area (Å²) in [6.45, 7) is 6.02. The SMILES string of the molecule is CCCN(C1CCC(N)CC1)C1CCCC(CC)CC1. The minimum Gasteiger partial charge on any atom is -0.328 e. The Morgan fingerprint density at radius 2 is 1.50 bits per heavy atom. The van der Waals surface area contributed by atoms with E-state index in [2.05, 4.69) is 18.7 Å². The molecular formula is C18H36N2. The maximum absolute atomic E-state index is 6.09. The predicted octanol–water partition coefficient (Wildman–Crippen LogP) is 4.33. The molecule has 2 aliphatic carbocycles. The Balaban J connectivity index is 1.93. The van der Waals surface area contributed by atoms with Crippen LogP contribution in [0.25, 0.3) is 0 Å². The monoisotopic (exact) mass is 280 g/mol. The van der Waals surface area contributed by atoms with E-state index < -0.39 is 0 Å². The van der Waals surface area contributed by atoms with Crippen LogP contribution in [0.1, 0.15) is 84.5 Å². The molecule has 2 aliphatic rings. The lowest BCUT2D eigenvalue weighted by Gasteiger charge is -2.41. The van der Waals surface area contributed by atoms with E-state index in [0.29, 0.717) is 6.04 Å². The molecule has 0 aromatic rings. The number of nitrogens with two attached hydrogens (primary N) is 1. The van der Waals surface area contributed by atoms with Crippen molar-refractivity contribution in [2.45, 2.75) is 103 Å². The Morgan fingerprint density at radius 3 is 2.15 bits per heavy atom. The van der Waals surface area contributed by atoms with Crippen LogP contribution in [0.2, 0.25) is 0 Å². The van der Waals surface area contributed by atoms with Crippen molar-refractivity contribution in [3.05, 3.63) is 0 Å². The van der Waals surface area contributed by atoms with Crippen LogP contribution in [-0.4, -0.2) is 29.6 Å². The van der Waals surface area contributed by atoms with Crippen LogP contribution in [0.5, 0.6) is 0 Å². The zero-order valence-corrected chi connectivity index (χ0v) is 13.8.